The Morgan fingerprint density at radius 1 is 0.639 bits per heavy atom. The van der Waals surface area contributed by atoms with E-state index >= 15 is 0 Å². The van der Waals surface area contributed by atoms with Gasteiger partial charge >= 0.3 is 41.3 Å². The molecule has 0 saturated heterocycles. The fraction of sp³-hybridized carbons (Fsp3) is 0.303. The van der Waals surface area contributed by atoms with Crippen molar-refractivity contribution < 1.29 is 49.0 Å². The zero-order valence-electron chi connectivity index (χ0n) is 22.8. The maximum absolute atomic E-state index is 2.38. The Morgan fingerprint density at radius 2 is 1.08 bits per heavy atom. The molecule has 36 heavy (non-hydrogen) atoms. The normalized spacial score (nSPS) is 11.1. The predicted octanol–water partition coefficient (Wildman–Crippen LogP) is 3.62. The van der Waals surface area contributed by atoms with E-state index in [0.717, 1.165) is 0 Å². The van der Waals surface area contributed by atoms with Gasteiger partial charge in [-0.05, 0) is 10.8 Å². The van der Waals surface area contributed by atoms with Crippen LogP contribution in [0, 0.1) is 0 Å². The molecule has 0 saturated carbocycles. The average molecular weight is 597 g/mol. The van der Waals surface area contributed by atoms with Crippen molar-refractivity contribution in [2.45, 2.75) is 66.2 Å². The molecule has 190 valence electrons. The van der Waals surface area contributed by atoms with Crippen LogP contribution in [0.25, 0.3) is 32.3 Å². The van der Waals surface area contributed by atoms with Crippen LogP contribution in [0.5, 0.6) is 0 Å². The number of halogens is 2. The summed E-state index contributed by atoms with van der Waals surface area (Å²) in [7, 11) is 0. The van der Waals surface area contributed by atoms with E-state index in [1.54, 1.807) is 24.2 Å². The molecule has 0 heterocycles. The maximum Gasteiger partial charge on any atom is -0.0809 e. The molecule has 5 aromatic rings. The Labute approximate surface area is 245 Å². The minimum absolute atomic E-state index is 0. The van der Waals surface area contributed by atoms with Gasteiger partial charge in [-0.15, -0.1) is 69.4 Å². The van der Waals surface area contributed by atoms with E-state index in [1.165, 1.54) is 46.7 Å². The molecule has 3 heteroatoms. The van der Waals surface area contributed by atoms with Gasteiger partial charge in [-0.3, -0.25) is 0 Å². The summed E-state index contributed by atoms with van der Waals surface area (Å²) in [4.78, 5) is 0. The fourth-order valence-corrected chi connectivity index (χ4v) is 4.00. The third kappa shape index (κ3) is 8.51. The monoisotopic (exact) mass is 594 g/mol. The van der Waals surface area contributed by atoms with Gasteiger partial charge in [0.2, 0.25) is 0 Å². The Hall–Kier alpha value is -1.53. The van der Waals surface area contributed by atoms with Gasteiger partial charge in [0.1, 0.15) is 0 Å². The molecule has 0 aliphatic carbocycles. The predicted molar refractivity (Wildman–Crippen MR) is 150 cm³/mol. The summed E-state index contributed by atoms with van der Waals surface area (Å²) in [5.41, 5.74) is 3.20. The summed E-state index contributed by atoms with van der Waals surface area (Å²) in [5, 5.41) is 8.15. The second-order valence-electron chi connectivity index (χ2n) is 11.4. The second-order valence-corrected chi connectivity index (χ2v) is 13.9. The molecule has 0 unspecified atom stereocenters. The molecule has 0 spiro atoms. The Bertz CT molecular complexity index is 1300. The summed E-state index contributed by atoms with van der Waals surface area (Å²) in [5.74, 6) is 0. The van der Waals surface area contributed by atoms with Crippen molar-refractivity contribution in [2.24, 2.45) is 0 Å². The minimum atomic E-state index is 0. The minimum Gasteiger partial charge on any atom is -1.00 e. The first-order valence-electron chi connectivity index (χ1n) is 12.1. The Morgan fingerprint density at radius 3 is 1.50 bits per heavy atom. The van der Waals surface area contributed by atoms with Crippen molar-refractivity contribution in [2.75, 3.05) is 0 Å². The summed E-state index contributed by atoms with van der Waals surface area (Å²) in [6.45, 7) is 17.9. The summed E-state index contributed by atoms with van der Waals surface area (Å²) in [6, 6.07) is 30.8. The molecule has 5 aromatic carbocycles. The molecule has 0 aliphatic heterocycles. The number of benzene rings is 3. The Kier molecular flexibility index (Phi) is 12.0. The molecule has 0 radical (unpaired) electrons. The number of hydrogen-bond donors (Lipinski definition) is 0. The van der Waals surface area contributed by atoms with Crippen LogP contribution in [0.15, 0.2) is 84.9 Å². The van der Waals surface area contributed by atoms with Crippen LogP contribution in [0.1, 0.15) is 66.5 Å². The van der Waals surface area contributed by atoms with Gasteiger partial charge in [0.25, 0.3) is 0 Å². The molecule has 0 N–H and O–H groups in total. The van der Waals surface area contributed by atoms with Crippen LogP contribution in [0.4, 0.5) is 0 Å². The van der Waals surface area contributed by atoms with Crippen LogP contribution in [0.3, 0.4) is 0 Å². The SMILES string of the molecule is CC(C)(C)c1ccc2[cH-]c3ccc(C(C)(C)C)cc3c2c1.C[C](C)=[Zr+2].[Cl-].[Cl-].c1ccc2[cH-]ccc2c1. The third-order valence-corrected chi connectivity index (χ3v) is 5.99. The van der Waals surface area contributed by atoms with Gasteiger partial charge in [0.15, 0.2) is 0 Å². The van der Waals surface area contributed by atoms with Crippen molar-refractivity contribution >= 4 is 35.5 Å². The van der Waals surface area contributed by atoms with E-state index in [1.807, 2.05) is 0 Å². The quantitative estimate of drug-likeness (QED) is 0.240. The van der Waals surface area contributed by atoms with E-state index in [2.05, 4.69) is 140 Å². The molecular weight excluding hydrogens is 558 g/mol. The molecule has 0 aliphatic rings. The summed E-state index contributed by atoms with van der Waals surface area (Å²) >= 11 is 1.55. The van der Waals surface area contributed by atoms with Gasteiger partial charge in [-0.25, -0.2) is 0 Å². The smallest absolute Gasteiger partial charge is 0.0809 e. The first kappa shape index (κ1) is 32.5. The average Bonchev–Trinajstić information content (AvgIpc) is 3.36. The molecule has 5 rings (SSSR count). The van der Waals surface area contributed by atoms with Gasteiger partial charge < -0.3 is 24.8 Å². The van der Waals surface area contributed by atoms with Crippen molar-refractivity contribution in [3.05, 3.63) is 96.1 Å². The van der Waals surface area contributed by atoms with E-state index in [9.17, 15) is 0 Å². The van der Waals surface area contributed by atoms with Gasteiger partial charge in [0.05, 0.1) is 0 Å². The van der Waals surface area contributed by atoms with Crippen LogP contribution >= 0.6 is 0 Å². The molecule has 0 bridgehead atoms. The van der Waals surface area contributed by atoms with Gasteiger partial charge in [-0.2, -0.15) is 17.5 Å². The largest absolute Gasteiger partial charge is 1.00 e. The van der Waals surface area contributed by atoms with Crippen molar-refractivity contribution in [3.63, 3.8) is 0 Å². The Balaban J connectivity index is 0.000000360. The van der Waals surface area contributed by atoms with Crippen molar-refractivity contribution in [1.82, 2.24) is 0 Å². The van der Waals surface area contributed by atoms with Crippen LogP contribution in [-0.4, -0.2) is 3.21 Å². The van der Waals surface area contributed by atoms with Crippen LogP contribution < -0.4 is 24.8 Å². The zero-order valence-corrected chi connectivity index (χ0v) is 26.8. The van der Waals surface area contributed by atoms with Crippen LogP contribution in [-0.2, 0) is 35.1 Å². The summed E-state index contributed by atoms with van der Waals surface area (Å²) in [6.07, 6.45) is 0. The van der Waals surface area contributed by atoms with Crippen LogP contribution in [0.2, 0.25) is 0 Å². The standard InChI is InChI=1S/C21H25.C9H7.C3H6.2ClH.Zr/c1-20(2,3)16-9-7-14-11-15-8-10-17(21(4,5)6)13-19(15)18(14)12-16;1-2-5-9-7-3-6-8(9)4-1;1-3-2;;;/h7-13H,1-6H3;1-7H;1-2H3;2*1H;/q2*-1;;;;+2/p-2. The van der Waals surface area contributed by atoms with Gasteiger partial charge in [0, 0.05) is 0 Å². The van der Waals surface area contributed by atoms with E-state index in [0.29, 0.717) is 0 Å². The number of rotatable bonds is 0. The second kappa shape index (κ2) is 13.3. The third-order valence-electron chi connectivity index (χ3n) is 5.99. The number of hydrogen-bond acceptors (Lipinski definition) is 0. The molecule has 0 aromatic heterocycles. The molecule has 0 nitrogen and oxygen atoms in total. The maximum atomic E-state index is 2.38. The first-order chi connectivity index (χ1) is 15.9. The van der Waals surface area contributed by atoms with E-state index in [4.69, 9.17) is 0 Å². The number of fused-ring (bicyclic) bond motifs is 4. The van der Waals surface area contributed by atoms with Gasteiger partial charge in [-0.1, -0.05) is 83.0 Å². The first-order valence-corrected chi connectivity index (χ1v) is 13.4. The molecule has 0 amide bonds. The zero-order chi connectivity index (χ0) is 25.1. The van der Waals surface area contributed by atoms with Crippen molar-refractivity contribution in [3.8, 4) is 0 Å². The fourth-order valence-electron chi connectivity index (χ4n) is 4.00. The molecule has 0 atom stereocenters. The molecule has 0 fully saturated rings. The summed E-state index contributed by atoms with van der Waals surface area (Å²) < 4.78 is 1.51. The van der Waals surface area contributed by atoms with E-state index < -0.39 is 0 Å². The van der Waals surface area contributed by atoms with E-state index in [-0.39, 0.29) is 35.6 Å². The molecular formula is C33H38Cl2Zr-2. The van der Waals surface area contributed by atoms with Crippen molar-refractivity contribution in [1.29, 1.82) is 0 Å². The topological polar surface area (TPSA) is 0 Å².